The van der Waals surface area contributed by atoms with Gasteiger partial charge in [-0.15, -0.1) is 0 Å². The van der Waals surface area contributed by atoms with Crippen LogP contribution >= 0.6 is 0 Å². The molecule has 1 saturated heterocycles. The van der Waals surface area contributed by atoms with Crippen molar-refractivity contribution < 1.29 is 18.4 Å². The van der Waals surface area contributed by atoms with Crippen LogP contribution in [0.15, 0.2) is 5.16 Å². The van der Waals surface area contributed by atoms with Gasteiger partial charge in [0.25, 0.3) is 0 Å². The molecule has 0 radical (unpaired) electrons. The minimum atomic E-state index is -3.08. The van der Waals surface area contributed by atoms with Crippen LogP contribution in [-0.4, -0.2) is 42.9 Å². The lowest BCUT2D eigenvalue weighted by Crippen LogP contribution is -2.48. The first-order valence-electron chi connectivity index (χ1n) is 5.91. The van der Waals surface area contributed by atoms with E-state index in [-0.39, 0.29) is 29.2 Å². The molecule has 1 heterocycles. The van der Waals surface area contributed by atoms with Crippen LogP contribution in [0.25, 0.3) is 0 Å². The summed E-state index contributed by atoms with van der Waals surface area (Å²) in [4.78, 5) is 11.9. The summed E-state index contributed by atoms with van der Waals surface area (Å²) in [5, 5.41) is 14.3. The van der Waals surface area contributed by atoms with Gasteiger partial charge in [-0.25, -0.2) is 8.42 Å². The zero-order chi connectivity index (χ0) is 13.3. The van der Waals surface area contributed by atoms with Crippen LogP contribution in [-0.2, 0) is 14.6 Å². The molecular weight excluding hydrogens is 258 g/mol. The predicted molar refractivity (Wildman–Crippen MR) is 64.8 cm³/mol. The van der Waals surface area contributed by atoms with Gasteiger partial charge < -0.3 is 16.3 Å². The molecule has 2 fully saturated rings. The number of nitrogens with zero attached hydrogens (tertiary/aromatic N) is 1. The van der Waals surface area contributed by atoms with Crippen LogP contribution in [0.3, 0.4) is 0 Å². The maximum atomic E-state index is 11.9. The van der Waals surface area contributed by atoms with Crippen molar-refractivity contribution in [3.8, 4) is 0 Å². The first-order chi connectivity index (χ1) is 8.43. The normalized spacial score (nSPS) is 28.9. The molecule has 1 saturated carbocycles. The lowest BCUT2D eigenvalue weighted by atomic mass is 10.1. The van der Waals surface area contributed by atoms with E-state index in [2.05, 4.69) is 10.5 Å². The molecule has 0 aromatic carbocycles. The Labute approximate surface area is 105 Å². The number of hydrogen-bond donors (Lipinski definition) is 3. The topological polar surface area (TPSA) is 122 Å². The molecule has 1 aliphatic heterocycles. The number of sulfone groups is 1. The van der Waals surface area contributed by atoms with E-state index in [1.165, 1.54) is 0 Å². The molecule has 1 amide bonds. The van der Waals surface area contributed by atoms with Crippen molar-refractivity contribution in [2.75, 3.05) is 11.5 Å². The SMILES string of the molecule is NC(=NO)C(NC(=O)C1CCS(=O)(=O)C1)C1CC1. The number of carbonyl (C=O) groups is 1. The molecule has 0 aromatic rings. The maximum absolute atomic E-state index is 11.9. The molecule has 2 rings (SSSR count). The second-order valence-electron chi connectivity index (χ2n) is 4.95. The van der Waals surface area contributed by atoms with E-state index in [4.69, 9.17) is 10.9 Å². The van der Waals surface area contributed by atoms with E-state index in [9.17, 15) is 13.2 Å². The van der Waals surface area contributed by atoms with E-state index in [0.29, 0.717) is 6.42 Å². The lowest BCUT2D eigenvalue weighted by Gasteiger charge is -2.18. The zero-order valence-corrected chi connectivity index (χ0v) is 10.7. The molecule has 0 spiro atoms. The van der Waals surface area contributed by atoms with Gasteiger partial charge in [0.2, 0.25) is 5.91 Å². The standard InChI is InChI=1S/C10H17N3O4S/c11-9(13-15)8(6-1-2-6)12-10(14)7-3-4-18(16,17)5-7/h6-8,15H,1-5H2,(H2,11,13)(H,12,14). The summed E-state index contributed by atoms with van der Waals surface area (Å²) < 4.78 is 22.6. The summed E-state index contributed by atoms with van der Waals surface area (Å²) in [6.07, 6.45) is 2.19. The second kappa shape index (κ2) is 4.75. The number of oxime groups is 1. The molecule has 1 aliphatic carbocycles. The van der Waals surface area contributed by atoms with Crippen molar-refractivity contribution in [1.82, 2.24) is 5.32 Å². The fourth-order valence-electron chi connectivity index (χ4n) is 2.20. The number of nitrogens with two attached hydrogens (primary N) is 1. The Kier molecular flexibility index (Phi) is 3.47. The third-order valence-corrected chi connectivity index (χ3v) is 5.20. The first kappa shape index (κ1) is 13.1. The monoisotopic (exact) mass is 275 g/mol. The van der Waals surface area contributed by atoms with Gasteiger partial charge in [-0.3, -0.25) is 4.79 Å². The summed E-state index contributed by atoms with van der Waals surface area (Å²) in [5.41, 5.74) is 5.53. The zero-order valence-electron chi connectivity index (χ0n) is 9.87. The number of carbonyl (C=O) groups excluding carboxylic acids is 1. The van der Waals surface area contributed by atoms with Gasteiger partial charge in [-0.2, -0.15) is 0 Å². The number of amidine groups is 1. The first-order valence-corrected chi connectivity index (χ1v) is 7.73. The Bertz CT molecular complexity index is 470. The predicted octanol–water partition coefficient (Wildman–Crippen LogP) is -0.938. The van der Waals surface area contributed by atoms with Crippen molar-refractivity contribution in [1.29, 1.82) is 0 Å². The molecule has 4 N–H and O–H groups in total. The van der Waals surface area contributed by atoms with Crippen LogP contribution < -0.4 is 11.1 Å². The van der Waals surface area contributed by atoms with E-state index < -0.39 is 21.8 Å². The van der Waals surface area contributed by atoms with Gasteiger partial charge in [0.15, 0.2) is 15.7 Å². The van der Waals surface area contributed by atoms with E-state index in [0.717, 1.165) is 12.8 Å². The maximum Gasteiger partial charge on any atom is 0.224 e. The Hall–Kier alpha value is -1.31. The minimum absolute atomic E-state index is 0.0216. The fourth-order valence-corrected chi connectivity index (χ4v) is 3.94. The number of hydrogen-bond acceptors (Lipinski definition) is 5. The highest BCUT2D eigenvalue weighted by molar-refractivity contribution is 7.91. The smallest absolute Gasteiger partial charge is 0.224 e. The quantitative estimate of drug-likeness (QED) is 0.264. The Morgan fingerprint density at radius 2 is 2.06 bits per heavy atom. The minimum Gasteiger partial charge on any atom is -0.409 e. The summed E-state index contributed by atoms with van der Waals surface area (Å²) in [5.74, 6) is -0.702. The highest BCUT2D eigenvalue weighted by Crippen LogP contribution is 2.33. The number of nitrogens with one attached hydrogen (secondary N) is 1. The molecule has 2 unspecified atom stereocenters. The Morgan fingerprint density at radius 3 is 2.50 bits per heavy atom. The van der Waals surface area contributed by atoms with Gasteiger partial charge >= 0.3 is 0 Å². The fraction of sp³-hybridized carbons (Fsp3) is 0.800. The highest BCUT2D eigenvalue weighted by Gasteiger charge is 2.39. The summed E-state index contributed by atoms with van der Waals surface area (Å²) in [6, 6.07) is -0.481. The average Bonchev–Trinajstić information content (AvgIpc) is 3.08. The number of amides is 1. The molecule has 2 aliphatic rings. The van der Waals surface area contributed by atoms with Gasteiger partial charge in [0.1, 0.15) is 0 Å². The van der Waals surface area contributed by atoms with Gasteiger partial charge in [0, 0.05) is 0 Å². The van der Waals surface area contributed by atoms with Gasteiger partial charge in [-0.1, -0.05) is 5.16 Å². The summed E-state index contributed by atoms with van der Waals surface area (Å²) in [7, 11) is -3.08. The third kappa shape index (κ3) is 2.92. The largest absolute Gasteiger partial charge is 0.409 e. The van der Waals surface area contributed by atoms with Crippen molar-refractivity contribution in [2.24, 2.45) is 22.7 Å². The van der Waals surface area contributed by atoms with Crippen molar-refractivity contribution >= 4 is 21.6 Å². The summed E-state index contributed by atoms with van der Waals surface area (Å²) >= 11 is 0. The number of rotatable bonds is 4. The van der Waals surface area contributed by atoms with Crippen LogP contribution in [0.2, 0.25) is 0 Å². The van der Waals surface area contributed by atoms with Crippen LogP contribution in [0.5, 0.6) is 0 Å². The van der Waals surface area contributed by atoms with Crippen LogP contribution in [0.4, 0.5) is 0 Å². The molecule has 8 heteroatoms. The Morgan fingerprint density at radius 1 is 1.39 bits per heavy atom. The highest BCUT2D eigenvalue weighted by atomic mass is 32.2. The van der Waals surface area contributed by atoms with E-state index >= 15 is 0 Å². The van der Waals surface area contributed by atoms with Gasteiger partial charge in [-0.05, 0) is 25.2 Å². The average molecular weight is 275 g/mol. The third-order valence-electron chi connectivity index (χ3n) is 3.43. The summed E-state index contributed by atoms with van der Waals surface area (Å²) in [6.45, 7) is 0. The Balaban J connectivity index is 1.97. The van der Waals surface area contributed by atoms with E-state index in [1.54, 1.807) is 0 Å². The van der Waals surface area contributed by atoms with Gasteiger partial charge in [0.05, 0.1) is 23.5 Å². The molecular formula is C10H17N3O4S. The molecule has 102 valence electrons. The van der Waals surface area contributed by atoms with Crippen LogP contribution in [0.1, 0.15) is 19.3 Å². The molecule has 2 atom stereocenters. The molecule has 18 heavy (non-hydrogen) atoms. The van der Waals surface area contributed by atoms with Crippen molar-refractivity contribution in [2.45, 2.75) is 25.3 Å². The molecule has 0 bridgehead atoms. The molecule has 0 aromatic heterocycles. The van der Waals surface area contributed by atoms with Crippen molar-refractivity contribution in [3.05, 3.63) is 0 Å². The van der Waals surface area contributed by atoms with Crippen LogP contribution in [0, 0.1) is 11.8 Å². The second-order valence-corrected chi connectivity index (χ2v) is 7.18. The van der Waals surface area contributed by atoms with Crippen molar-refractivity contribution in [3.63, 3.8) is 0 Å². The molecule has 7 nitrogen and oxygen atoms in total. The van der Waals surface area contributed by atoms with E-state index in [1.807, 2.05) is 0 Å². The lowest BCUT2D eigenvalue weighted by molar-refractivity contribution is -0.124.